The van der Waals surface area contributed by atoms with Crippen LogP contribution < -0.4 is 5.43 Å². The standard InChI is InChI=1S/C13H10O3S/c14-7-8-5-6-17-13-11(8)12(15)9-3-1-2-4-10(9)16-13/h1-4,7-8H,5-6H2. The zero-order valence-electron chi connectivity index (χ0n) is 9.01. The summed E-state index contributed by atoms with van der Waals surface area (Å²) in [6.45, 7) is 0. The van der Waals surface area contributed by atoms with Gasteiger partial charge in [0.1, 0.15) is 11.9 Å². The summed E-state index contributed by atoms with van der Waals surface area (Å²) in [5.41, 5.74) is 1.07. The van der Waals surface area contributed by atoms with Crippen molar-refractivity contribution < 1.29 is 9.21 Å². The molecule has 2 aromatic rings. The molecule has 0 fully saturated rings. The first-order valence-corrected chi connectivity index (χ1v) is 6.43. The van der Waals surface area contributed by atoms with Crippen molar-refractivity contribution in [3.63, 3.8) is 0 Å². The fraction of sp³-hybridized carbons (Fsp3) is 0.231. The highest BCUT2D eigenvalue weighted by atomic mass is 32.2. The highest BCUT2D eigenvalue weighted by molar-refractivity contribution is 7.99. The van der Waals surface area contributed by atoms with Gasteiger partial charge < -0.3 is 9.21 Å². The zero-order valence-corrected chi connectivity index (χ0v) is 9.83. The van der Waals surface area contributed by atoms with Crippen LogP contribution in [0.15, 0.2) is 38.6 Å². The molecule has 2 heterocycles. The van der Waals surface area contributed by atoms with E-state index in [1.54, 1.807) is 18.2 Å². The van der Waals surface area contributed by atoms with E-state index in [1.807, 2.05) is 6.07 Å². The molecule has 1 aromatic heterocycles. The van der Waals surface area contributed by atoms with Gasteiger partial charge in [-0.3, -0.25) is 4.79 Å². The largest absolute Gasteiger partial charge is 0.449 e. The Hall–Kier alpha value is -1.55. The smallest absolute Gasteiger partial charge is 0.197 e. The van der Waals surface area contributed by atoms with Crippen LogP contribution in [0.4, 0.5) is 0 Å². The van der Waals surface area contributed by atoms with Gasteiger partial charge in [-0.2, -0.15) is 0 Å². The van der Waals surface area contributed by atoms with Crippen LogP contribution in [-0.2, 0) is 4.79 Å². The summed E-state index contributed by atoms with van der Waals surface area (Å²) in [7, 11) is 0. The van der Waals surface area contributed by atoms with E-state index in [2.05, 4.69) is 0 Å². The minimum Gasteiger partial charge on any atom is -0.449 e. The molecule has 4 heteroatoms. The number of hydrogen-bond acceptors (Lipinski definition) is 4. The molecule has 1 aromatic carbocycles. The van der Waals surface area contributed by atoms with Crippen LogP contribution in [0.5, 0.6) is 0 Å². The molecule has 0 spiro atoms. The monoisotopic (exact) mass is 246 g/mol. The van der Waals surface area contributed by atoms with E-state index in [1.165, 1.54) is 11.8 Å². The molecule has 1 aliphatic rings. The summed E-state index contributed by atoms with van der Waals surface area (Å²) in [5, 5.41) is 1.16. The van der Waals surface area contributed by atoms with Crippen molar-refractivity contribution in [3.05, 3.63) is 40.1 Å². The van der Waals surface area contributed by atoms with E-state index in [0.29, 0.717) is 28.0 Å². The first-order chi connectivity index (χ1) is 8.31. The molecule has 0 saturated carbocycles. The molecule has 17 heavy (non-hydrogen) atoms. The summed E-state index contributed by atoms with van der Waals surface area (Å²) in [5.74, 6) is 0.504. The minimum absolute atomic E-state index is 0.0637. The molecular formula is C13H10O3S. The topological polar surface area (TPSA) is 47.3 Å². The van der Waals surface area contributed by atoms with Gasteiger partial charge in [0.2, 0.25) is 0 Å². The van der Waals surface area contributed by atoms with Gasteiger partial charge in [0.05, 0.1) is 10.9 Å². The second-order valence-electron chi connectivity index (χ2n) is 4.01. The predicted molar refractivity (Wildman–Crippen MR) is 66.6 cm³/mol. The van der Waals surface area contributed by atoms with Crippen LogP contribution in [0.3, 0.4) is 0 Å². The molecular weight excluding hydrogens is 236 g/mol. The van der Waals surface area contributed by atoms with Gasteiger partial charge in [0.25, 0.3) is 0 Å². The Morgan fingerprint density at radius 2 is 2.18 bits per heavy atom. The Labute approximate surface area is 102 Å². The van der Waals surface area contributed by atoms with Gasteiger partial charge in [-0.1, -0.05) is 23.9 Å². The predicted octanol–water partition coefficient (Wildman–Crippen LogP) is 2.57. The van der Waals surface area contributed by atoms with Crippen LogP contribution in [0.1, 0.15) is 17.9 Å². The zero-order chi connectivity index (χ0) is 11.8. The Kier molecular flexibility index (Phi) is 2.52. The summed E-state index contributed by atoms with van der Waals surface area (Å²) < 4.78 is 5.70. The van der Waals surface area contributed by atoms with Crippen molar-refractivity contribution in [2.75, 3.05) is 5.75 Å². The third-order valence-electron chi connectivity index (χ3n) is 3.00. The van der Waals surface area contributed by atoms with Crippen LogP contribution in [0.25, 0.3) is 11.0 Å². The average molecular weight is 246 g/mol. The number of fused-ring (bicyclic) bond motifs is 2. The molecule has 0 aliphatic carbocycles. The van der Waals surface area contributed by atoms with Gasteiger partial charge in [-0.15, -0.1) is 0 Å². The Bertz CT molecular complexity index is 645. The molecule has 0 amide bonds. The van der Waals surface area contributed by atoms with E-state index in [4.69, 9.17) is 4.42 Å². The van der Waals surface area contributed by atoms with Gasteiger partial charge in [0, 0.05) is 11.7 Å². The van der Waals surface area contributed by atoms with E-state index in [0.717, 1.165) is 12.0 Å². The second-order valence-corrected chi connectivity index (χ2v) is 5.08. The lowest BCUT2D eigenvalue weighted by molar-refractivity contribution is -0.109. The molecule has 3 nitrogen and oxygen atoms in total. The lowest BCUT2D eigenvalue weighted by Gasteiger charge is -2.18. The number of carbonyl (C=O) groups excluding carboxylic acids is 1. The van der Waals surface area contributed by atoms with E-state index in [-0.39, 0.29) is 11.3 Å². The molecule has 1 aliphatic heterocycles. The van der Waals surface area contributed by atoms with Gasteiger partial charge >= 0.3 is 0 Å². The number of para-hydroxylation sites is 1. The summed E-state index contributed by atoms with van der Waals surface area (Å²) >= 11 is 1.51. The molecule has 3 rings (SSSR count). The molecule has 1 unspecified atom stereocenters. The third kappa shape index (κ3) is 1.60. The van der Waals surface area contributed by atoms with Crippen molar-refractivity contribution in [3.8, 4) is 0 Å². The fourth-order valence-corrected chi connectivity index (χ4v) is 3.23. The van der Waals surface area contributed by atoms with Crippen molar-refractivity contribution >= 4 is 29.0 Å². The van der Waals surface area contributed by atoms with Crippen LogP contribution in [-0.4, -0.2) is 12.0 Å². The van der Waals surface area contributed by atoms with Crippen molar-refractivity contribution in [1.82, 2.24) is 0 Å². The second kappa shape index (κ2) is 4.04. The van der Waals surface area contributed by atoms with Crippen molar-refractivity contribution in [1.29, 1.82) is 0 Å². The summed E-state index contributed by atoms with van der Waals surface area (Å²) in [6, 6.07) is 7.16. The van der Waals surface area contributed by atoms with E-state index < -0.39 is 0 Å². The number of carbonyl (C=O) groups is 1. The maximum atomic E-state index is 12.3. The van der Waals surface area contributed by atoms with Gasteiger partial charge in [-0.25, -0.2) is 0 Å². The molecule has 0 N–H and O–H groups in total. The lowest BCUT2D eigenvalue weighted by atomic mass is 9.98. The maximum absolute atomic E-state index is 12.3. The first kappa shape index (κ1) is 10.6. The normalized spacial score (nSPS) is 18.9. The van der Waals surface area contributed by atoms with Crippen LogP contribution in [0.2, 0.25) is 0 Å². The first-order valence-electron chi connectivity index (χ1n) is 5.45. The Morgan fingerprint density at radius 3 is 3.00 bits per heavy atom. The van der Waals surface area contributed by atoms with Crippen molar-refractivity contribution in [2.45, 2.75) is 17.4 Å². The van der Waals surface area contributed by atoms with Crippen molar-refractivity contribution in [2.24, 2.45) is 0 Å². The highest BCUT2D eigenvalue weighted by Crippen LogP contribution is 2.36. The molecule has 1 atom stereocenters. The van der Waals surface area contributed by atoms with Crippen LogP contribution in [0, 0.1) is 0 Å². The fourth-order valence-electron chi connectivity index (χ4n) is 2.12. The minimum atomic E-state index is -0.313. The summed E-state index contributed by atoms with van der Waals surface area (Å²) in [4.78, 5) is 23.3. The molecule has 0 saturated heterocycles. The average Bonchev–Trinajstić information content (AvgIpc) is 2.38. The third-order valence-corrected chi connectivity index (χ3v) is 4.00. The molecule has 0 bridgehead atoms. The molecule has 86 valence electrons. The number of hydrogen-bond donors (Lipinski definition) is 0. The van der Waals surface area contributed by atoms with Gasteiger partial charge in [-0.05, 0) is 18.6 Å². The Morgan fingerprint density at radius 1 is 1.35 bits per heavy atom. The van der Waals surface area contributed by atoms with E-state index in [9.17, 15) is 9.59 Å². The lowest BCUT2D eigenvalue weighted by Crippen LogP contribution is -2.19. The quantitative estimate of drug-likeness (QED) is 0.725. The molecule has 0 radical (unpaired) electrons. The maximum Gasteiger partial charge on any atom is 0.197 e. The Balaban J connectivity index is 2.39. The van der Waals surface area contributed by atoms with Gasteiger partial charge in [0.15, 0.2) is 10.5 Å². The number of aldehydes is 1. The number of rotatable bonds is 1. The number of thioether (sulfide) groups is 1. The SMILES string of the molecule is O=CC1CCSc2oc3ccccc3c(=O)c21. The summed E-state index contributed by atoms with van der Waals surface area (Å²) in [6.07, 6.45) is 1.56. The highest BCUT2D eigenvalue weighted by Gasteiger charge is 2.26. The van der Waals surface area contributed by atoms with E-state index >= 15 is 0 Å². The number of benzene rings is 1. The van der Waals surface area contributed by atoms with Crippen LogP contribution >= 0.6 is 11.8 Å².